The average molecular weight is 649 g/mol. The number of likely N-dealkylation sites (N-methyl/N-ethyl adjacent to an activating group) is 1. The second kappa shape index (κ2) is 16.9. The number of hydrogen-bond acceptors (Lipinski definition) is 6. The van der Waals surface area contributed by atoms with Crippen molar-refractivity contribution in [1.82, 2.24) is 9.80 Å². The van der Waals surface area contributed by atoms with Crippen molar-refractivity contribution in [3.05, 3.63) is 89.7 Å². The molecule has 252 valence electrons. The Morgan fingerprint density at radius 1 is 1.02 bits per heavy atom. The van der Waals surface area contributed by atoms with Gasteiger partial charge < -0.3 is 35.0 Å². The summed E-state index contributed by atoms with van der Waals surface area (Å²) in [6, 6.07) is 18.4. The first kappa shape index (κ1) is 35.4. The third-order valence-corrected chi connectivity index (χ3v) is 8.24. The van der Waals surface area contributed by atoms with Gasteiger partial charge in [-0.15, -0.1) is 0 Å². The van der Waals surface area contributed by atoms with Crippen molar-refractivity contribution in [2.45, 2.75) is 58.3 Å². The Labute approximate surface area is 275 Å². The van der Waals surface area contributed by atoms with Gasteiger partial charge in [-0.2, -0.15) is 0 Å². The molecule has 0 saturated carbocycles. The monoisotopic (exact) mass is 648 g/mol. The molecule has 3 N–H and O–H groups in total. The van der Waals surface area contributed by atoms with Gasteiger partial charge in [0.05, 0.1) is 30.4 Å². The van der Waals surface area contributed by atoms with E-state index in [1.54, 1.807) is 61.3 Å². The zero-order chi connectivity index (χ0) is 33.9. The number of nitrogens with one attached hydrogen (secondary N) is 2. The van der Waals surface area contributed by atoms with Gasteiger partial charge in [0.25, 0.3) is 11.8 Å². The third-order valence-electron chi connectivity index (χ3n) is 8.24. The molecule has 1 aliphatic heterocycles. The minimum Gasteiger partial charge on any atom is -0.490 e. The fraction of sp³-hybridized carbons (Fsp3) is 0.417. The highest BCUT2D eigenvalue weighted by atomic mass is 19.1. The Hall–Kier alpha value is -4.48. The molecule has 0 aliphatic carbocycles. The number of aliphatic hydroxyl groups is 1. The largest absolute Gasteiger partial charge is 0.490 e. The molecule has 3 aromatic rings. The van der Waals surface area contributed by atoms with Crippen LogP contribution in [0.5, 0.6) is 5.75 Å². The van der Waals surface area contributed by atoms with Crippen molar-refractivity contribution in [1.29, 1.82) is 0 Å². The Kier molecular flexibility index (Phi) is 12.7. The predicted molar refractivity (Wildman–Crippen MR) is 179 cm³/mol. The molecule has 0 bridgehead atoms. The zero-order valence-electron chi connectivity index (χ0n) is 27.4. The summed E-state index contributed by atoms with van der Waals surface area (Å²) in [5.74, 6) is -0.929. The van der Waals surface area contributed by atoms with Crippen LogP contribution in [-0.2, 0) is 4.74 Å². The molecule has 0 fully saturated rings. The van der Waals surface area contributed by atoms with Gasteiger partial charge in [-0.05, 0) is 87.7 Å². The molecule has 0 saturated heterocycles. The molecule has 0 radical (unpaired) electrons. The maximum atomic E-state index is 14.3. The number of anilines is 2. The van der Waals surface area contributed by atoms with Crippen LogP contribution in [0, 0.1) is 11.7 Å². The van der Waals surface area contributed by atoms with E-state index in [0.29, 0.717) is 29.3 Å². The van der Waals surface area contributed by atoms with Crippen LogP contribution in [0.3, 0.4) is 0 Å². The predicted octanol–water partition coefficient (Wildman–Crippen LogP) is 6.04. The Bertz CT molecular complexity index is 1490. The number of nitrogens with zero attached hydrogens (tertiary/aromatic N) is 2. The molecule has 0 spiro atoms. The van der Waals surface area contributed by atoms with Crippen LogP contribution in [0.1, 0.15) is 60.7 Å². The second-order valence-electron chi connectivity index (χ2n) is 12.1. The third kappa shape index (κ3) is 10.0. The van der Waals surface area contributed by atoms with E-state index in [1.807, 2.05) is 19.9 Å². The van der Waals surface area contributed by atoms with E-state index in [4.69, 9.17) is 9.47 Å². The lowest BCUT2D eigenvalue weighted by Crippen LogP contribution is -2.48. The minimum atomic E-state index is -0.550. The number of amides is 4. The topological polar surface area (TPSA) is 120 Å². The molecule has 47 heavy (non-hydrogen) atoms. The number of benzene rings is 3. The SMILES string of the molecule is C[C@@H]1CCCCO[C@@H](CN(C)C(=O)Nc2ccc(F)cc2)[C@@H](C)CN([C@H](C)CO)C(=O)c2cc(NC(=O)c3ccccc3)ccc2O1. The van der Waals surface area contributed by atoms with Crippen LogP contribution in [0.2, 0.25) is 0 Å². The standard InChI is InChI=1S/C36H45FN4O6/c1-24-21-41(25(2)23-42)35(44)31-20-30(38-34(43)27-11-6-5-7-12-27)17-18-32(31)47-26(3)10-8-9-19-46-33(24)22-40(4)36(45)39-29-15-13-28(37)14-16-29/h5-7,11-18,20,24-26,33,42H,8-10,19,21-23H2,1-4H3,(H,38,43)(H,39,45)/t24-,25+,26+,33-/m0/s1. The highest BCUT2D eigenvalue weighted by molar-refractivity contribution is 6.05. The molecule has 3 aromatic carbocycles. The van der Waals surface area contributed by atoms with Crippen LogP contribution < -0.4 is 15.4 Å². The van der Waals surface area contributed by atoms with Gasteiger partial charge in [-0.3, -0.25) is 9.59 Å². The van der Waals surface area contributed by atoms with Crippen molar-refractivity contribution in [2.75, 3.05) is 44.0 Å². The molecular weight excluding hydrogens is 603 g/mol. The van der Waals surface area contributed by atoms with Gasteiger partial charge in [0, 0.05) is 49.6 Å². The number of ether oxygens (including phenoxy) is 2. The summed E-state index contributed by atoms with van der Waals surface area (Å²) >= 11 is 0. The number of carbonyl (C=O) groups is 3. The molecule has 4 atom stereocenters. The lowest BCUT2D eigenvalue weighted by Gasteiger charge is -2.35. The van der Waals surface area contributed by atoms with E-state index in [0.717, 1.165) is 19.3 Å². The lowest BCUT2D eigenvalue weighted by atomic mass is 10.0. The maximum absolute atomic E-state index is 14.3. The van der Waals surface area contributed by atoms with Crippen molar-refractivity contribution in [3.63, 3.8) is 0 Å². The summed E-state index contributed by atoms with van der Waals surface area (Å²) in [5, 5.41) is 15.8. The highest BCUT2D eigenvalue weighted by Gasteiger charge is 2.31. The van der Waals surface area contributed by atoms with E-state index in [2.05, 4.69) is 10.6 Å². The molecular formula is C36H45FN4O6. The molecule has 0 unspecified atom stereocenters. The Morgan fingerprint density at radius 2 is 1.72 bits per heavy atom. The molecule has 10 nitrogen and oxygen atoms in total. The van der Waals surface area contributed by atoms with Crippen LogP contribution in [0.4, 0.5) is 20.6 Å². The first-order valence-corrected chi connectivity index (χ1v) is 16.0. The summed E-state index contributed by atoms with van der Waals surface area (Å²) in [5.41, 5.74) is 1.64. The van der Waals surface area contributed by atoms with Crippen molar-refractivity contribution in [2.24, 2.45) is 5.92 Å². The van der Waals surface area contributed by atoms with Crippen LogP contribution >= 0.6 is 0 Å². The van der Waals surface area contributed by atoms with E-state index in [9.17, 15) is 23.9 Å². The fourth-order valence-electron chi connectivity index (χ4n) is 5.36. The average Bonchev–Trinajstić information content (AvgIpc) is 3.07. The quantitative estimate of drug-likeness (QED) is 0.288. The first-order chi connectivity index (χ1) is 22.5. The number of halogens is 1. The molecule has 0 aromatic heterocycles. The maximum Gasteiger partial charge on any atom is 0.321 e. The number of rotatable bonds is 7. The van der Waals surface area contributed by atoms with Crippen LogP contribution in [-0.4, -0.2) is 84.4 Å². The highest BCUT2D eigenvalue weighted by Crippen LogP contribution is 2.29. The van der Waals surface area contributed by atoms with Gasteiger partial charge in [0.1, 0.15) is 11.6 Å². The van der Waals surface area contributed by atoms with Gasteiger partial charge in [-0.1, -0.05) is 25.1 Å². The number of fused-ring (bicyclic) bond motifs is 1. The van der Waals surface area contributed by atoms with E-state index in [-0.39, 0.29) is 55.1 Å². The Morgan fingerprint density at radius 3 is 2.43 bits per heavy atom. The van der Waals surface area contributed by atoms with E-state index in [1.165, 1.54) is 29.2 Å². The number of urea groups is 1. The van der Waals surface area contributed by atoms with Gasteiger partial charge >= 0.3 is 6.03 Å². The van der Waals surface area contributed by atoms with E-state index >= 15 is 0 Å². The minimum absolute atomic E-state index is 0.200. The normalized spacial score (nSPS) is 19.8. The van der Waals surface area contributed by atoms with Crippen LogP contribution in [0.25, 0.3) is 0 Å². The van der Waals surface area contributed by atoms with Crippen molar-refractivity contribution < 1.29 is 33.4 Å². The number of carbonyl (C=O) groups excluding carboxylic acids is 3. The molecule has 11 heteroatoms. The van der Waals surface area contributed by atoms with Crippen molar-refractivity contribution >= 4 is 29.2 Å². The van der Waals surface area contributed by atoms with Crippen LogP contribution in [0.15, 0.2) is 72.8 Å². The van der Waals surface area contributed by atoms with Gasteiger partial charge in [0.15, 0.2) is 0 Å². The fourth-order valence-corrected chi connectivity index (χ4v) is 5.36. The molecule has 4 amide bonds. The van der Waals surface area contributed by atoms with Crippen molar-refractivity contribution in [3.8, 4) is 5.75 Å². The molecule has 4 rings (SSSR count). The second-order valence-corrected chi connectivity index (χ2v) is 12.1. The summed E-state index contributed by atoms with van der Waals surface area (Å²) in [6.07, 6.45) is 1.68. The van der Waals surface area contributed by atoms with Gasteiger partial charge in [-0.25, -0.2) is 9.18 Å². The number of aliphatic hydroxyl groups excluding tert-OH is 1. The molecule has 1 aliphatic rings. The summed E-state index contributed by atoms with van der Waals surface area (Å²) in [6.45, 7) is 6.28. The summed E-state index contributed by atoms with van der Waals surface area (Å²) < 4.78 is 25.9. The Balaban J connectivity index is 1.59. The smallest absolute Gasteiger partial charge is 0.321 e. The first-order valence-electron chi connectivity index (χ1n) is 16.0. The molecule has 1 heterocycles. The summed E-state index contributed by atoms with van der Waals surface area (Å²) in [4.78, 5) is 43.3. The van der Waals surface area contributed by atoms with E-state index < -0.39 is 18.0 Å². The zero-order valence-corrected chi connectivity index (χ0v) is 27.4. The summed E-state index contributed by atoms with van der Waals surface area (Å²) in [7, 11) is 1.65. The lowest BCUT2D eigenvalue weighted by molar-refractivity contribution is -0.0115. The number of hydrogen-bond donors (Lipinski definition) is 3. The van der Waals surface area contributed by atoms with Gasteiger partial charge in [0.2, 0.25) is 0 Å².